The molecule has 248 valence electrons. The number of carbonyl (C=O) groups is 2. The van der Waals surface area contributed by atoms with Gasteiger partial charge in [0, 0.05) is 24.0 Å². The molecular weight excluding hydrogens is 634 g/mol. The molecule has 0 radical (unpaired) electrons. The summed E-state index contributed by atoms with van der Waals surface area (Å²) in [5.41, 5.74) is 2.66. The van der Waals surface area contributed by atoms with Crippen LogP contribution in [0.25, 0.3) is 0 Å². The average molecular weight is 676 g/mol. The van der Waals surface area contributed by atoms with Gasteiger partial charge < -0.3 is 15.0 Å². The van der Waals surface area contributed by atoms with Gasteiger partial charge in [-0.25, -0.2) is 8.42 Å². The monoisotopic (exact) mass is 675 g/mol. The lowest BCUT2D eigenvalue weighted by Gasteiger charge is -2.34. The van der Waals surface area contributed by atoms with Crippen LogP contribution in [0.1, 0.15) is 43.9 Å². The number of rotatable bonds is 15. The Labute approximate surface area is 283 Å². The summed E-state index contributed by atoms with van der Waals surface area (Å²) in [4.78, 5) is 30.0. The number of carbonyl (C=O) groups excluding carboxylic acids is 2. The van der Waals surface area contributed by atoms with E-state index in [0.717, 1.165) is 15.4 Å². The van der Waals surface area contributed by atoms with E-state index < -0.39 is 28.5 Å². The summed E-state index contributed by atoms with van der Waals surface area (Å²) in [6.07, 6.45) is 0.912. The zero-order valence-electron chi connectivity index (χ0n) is 27.2. The van der Waals surface area contributed by atoms with E-state index in [-0.39, 0.29) is 35.5 Å². The lowest BCUT2D eigenvalue weighted by Crippen LogP contribution is -2.54. The maximum Gasteiger partial charge on any atom is 0.264 e. The number of nitrogens with zero attached hydrogens (tertiary/aromatic N) is 2. The molecule has 4 aromatic rings. The van der Waals surface area contributed by atoms with Crippen molar-refractivity contribution in [1.29, 1.82) is 0 Å². The highest BCUT2D eigenvalue weighted by Gasteiger charge is 2.35. The van der Waals surface area contributed by atoms with Crippen molar-refractivity contribution in [3.05, 3.63) is 125 Å². The molecule has 2 amide bonds. The molecular formula is C37H42ClN3O5S. The van der Waals surface area contributed by atoms with Crippen LogP contribution in [0.2, 0.25) is 5.02 Å². The minimum absolute atomic E-state index is 0.00830. The van der Waals surface area contributed by atoms with Crippen LogP contribution in [0.5, 0.6) is 5.75 Å². The van der Waals surface area contributed by atoms with E-state index in [4.69, 9.17) is 16.3 Å². The zero-order chi connectivity index (χ0) is 34.0. The lowest BCUT2D eigenvalue weighted by molar-refractivity contribution is -0.140. The number of amides is 2. The highest BCUT2D eigenvalue weighted by atomic mass is 35.5. The van der Waals surface area contributed by atoms with Crippen LogP contribution >= 0.6 is 11.6 Å². The molecule has 8 nitrogen and oxygen atoms in total. The molecule has 0 saturated carbocycles. The van der Waals surface area contributed by atoms with E-state index in [1.165, 1.54) is 17.0 Å². The SMILES string of the molecule is CCOc1ccc(N(CC(=O)N(Cc2ccccc2Cl)C(Cc2ccccc2)C(=O)NC(C)CC)S(=O)(=O)c2ccc(C)cc2)cc1. The largest absolute Gasteiger partial charge is 0.494 e. The molecule has 0 aliphatic heterocycles. The third-order valence-corrected chi connectivity index (χ3v) is 10.1. The summed E-state index contributed by atoms with van der Waals surface area (Å²) in [7, 11) is -4.22. The third kappa shape index (κ3) is 9.36. The molecule has 2 atom stereocenters. The maximum atomic E-state index is 14.6. The van der Waals surface area contributed by atoms with E-state index in [1.54, 1.807) is 54.6 Å². The summed E-state index contributed by atoms with van der Waals surface area (Å²) < 4.78 is 35.1. The van der Waals surface area contributed by atoms with Crippen molar-refractivity contribution in [2.24, 2.45) is 0 Å². The molecule has 4 aromatic carbocycles. The standard InChI is InChI=1S/C37H42ClN3O5S/c1-5-28(4)39-37(43)35(24-29-12-8-7-9-13-29)40(25-30-14-10-11-15-34(30)38)36(42)26-41(31-18-20-32(21-19-31)46-6-2)47(44,45)33-22-16-27(3)17-23-33/h7-23,28,35H,5-6,24-26H2,1-4H3,(H,39,43). The molecule has 0 aromatic heterocycles. The zero-order valence-corrected chi connectivity index (χ0v) is 28.8. The summed E-state index contributed by atoms with van der Waals surface area (Å²) in [6.45, 7) is 7.48. The Morgan fingerprint density at radius 1 is 0.872 bits per heavy atom. The number of benzene rings is 4. The van der Waals surface area contributed by atoms with Gasteiger partial charge in [0.15, 0.2) is 0 Å². The number of hydrogen-bond donors (Lipinski definition) is 1. The van der Waals surface area contributed by atoms with Gasteiger partial charge in [-0.1, -0.05) is 84.8 Å². The summed E-state index contributed by atoms with van der Waals surface area (Å²) >= 11 is 6.58. The smallest absolute Gasteiger partial charge is 0.264 e. The number of anilines is 1. The summed E-state index contributed by atoms with van der Waals surface area (Å²) in [6, 6.07) is 28.5. The van der Waals surface area contributed by atoms with Crippen molar-refractivity contribution in [2.75, 3.05) is 17.5 Å². The first-order valence-electron chi connectivity index (χ1n) is 15.7. The normalized spacial score (nSPS) is 12.5. The molecule has 47 heavy (non-hydrogen) atoms. The Morgan fingerprint density at radius 2 is 1.51 bits per heavy atom. The van der Waals surface area contributed by atoms with Crippen LogP contribution in [0, 0.1) is 6.92 Å². The van der Waals surface area contributed by atoms with Crippen molar-refractivity contribution in [3.8, 4) is 5.75 Å². The topological polar surface area (TPSA) is 96.0 Å². The van der Waals surface area contributed by atoms with E-state index in [1.807, 2.05) is 64.1 Å². The highest BCUT2D eigenvalue weighted by Crippen LogP contribution is 2.28. The third-order valence-electron chi connectivity index (χ3n) is 7.89. The fourth-order valence-corrected chi connectivity index (χ4v) is 6.66. The van der Waals surface area contributed by atoms with Gasteiger partial charge in [0.25, 0.3) is 10.0 Å². The number of hydrogen-bond acceptors (Lipinski definition) is 5. The number of nitrogens with one attached hydrogen (secondary N) is 1. The van der Waals surface area contributed by atoms with Gasteiger partial charge in [-0.05, 0) is 80.8 Å². The Bertz CT molecular complexity index is 1730. The molecule has 2 unspecified atom stereocenters. The number of sulfonamides is 1. The van der Waals surface area contributed by atoms with Gasteiger partial charge in [-0.2, -0.15) is 0 Å². The minimum atomic E-state index is -4.22. The Morgan fingerprint density at radius 3 is 2.13 bits per heavy atom. The first kappa shape index (κ1) is 35.5. The van der Waals surface area contributed by atoms with Crippen LogP contribution in [-0.2, 0) is 32.6 Å². The van der Waals surface area contributed by atoms with E-state index in [2.05, 4.69) is 5.32 Å². The van der Waals surface area contributed by atoms with Gasteiger partial charge in [0.2, 0.25) is 11.8 Å². The van der Waals surface area contributed by atoms with Crippen molar-refractivity contribution >= 4 is 39.1 Å². The van der Waals surface area contributed by atoms with Crippen LogP contribution in [0.3, 0.4) is 0 Å². The second-order valence-electron chi connectivity index (χ2n) is 11.4. The fraction of sp³-hybridized carbons (Fsp3) is 0.297. The molecule has 0 aliphatic rings. The molecule has 0 aliphatic carbocycles. The number of ether oxygens (including phenoxy) is 1. The molecule has 4 rings (SSSR count). The minimum Gasteiger partial charge on any atom is -0.494 e. The van der Waals surface area contributed by atoms with Gasteiger partial charge in [-0.15, -0.1) is 0 Å². The number of halogens is 1. The van der Waals surface area contributed by atoms with Crippen LogP contribution in [0.4, 0.5) is 5.69 Å². The summed E-state index contributed by atoms with van der Waals surface area (Å²) in [5, 5.41) is 3.47. The number of aryl methyl sites for hydroxylation is 1. The Hall–Kier alpha value is -4.34. The van der Waals surface area contributed by atoms with Crippen molar-refractivity contribution in [3.63, 3.8) is 0 Å². The first-order valence-corrected chi connectivity index (χ1v) is 17.5. The van der Waals surface area contributed by atoms with Crippen molar-refractivity contribution < 1.29 is 22.7 Å². The van der Waals surface area contributed by atoms with Crippen LogP contribution in [-0.4, -0.2) is 50.4 Å². The van der Waals surface area contributed by atoms with Crippen molar-refractivity contribution in [1.82, 2.24) is 10.2 Å². The summed E-state index contributed by atoms with van der Waals surface area (Å²) in [5.74, 6) is -0.326. The fourth-order valence-electron chi connectivity index (χ4n) is 5.05. The van der Waals surface area contributed by atoms with E-state index in [9.17, 15) is 18.0 Å². The van der Waals surface area contributed by atoms with Gasteiger partial charge in [-0.3, -0.25) is 13.9 Å². The van der Waals surface area contributed by atoms with Gasteiger partial charge in [0.05, 0.1) is 17.2 Å². The maximum absolute atomic E-state index is 14.6. The molecule has 0 spiro atoms. The van der Waals surface area contributed by atoms with E-state index >= 15 is 0 Å². The second kappa shape index (κ2) is 16.5. The lowest BCUT2D eigenvalue weighted by atomic mass is 10.0. The molecule has 0 fully saturated rings. The highest BCUT2D eigenvalue weighted by molar-refractivity contribution is 7.92. The quantitative estimate of drug-likeness (QED) is 0.150. The Balaban J connectivity index is 1.81. The van der Waals surface area contributed by atoms with Gasteiger partial charge in [0.1, 0.15) is 18.3 Å². The predicted octanol–water partition coefficient (Wildman–Crippen LogP) is 6.80. The predicted molar refractivity (Wildman–Crippen MR) is 187 cm³/mol. The van der Waals surface area contributed by atoms with Crippen LogP contribution in [0.15, 0.2) is 108 Å². The molecule has 0 bridgehead atoms. The second-order valence-corrected chi connectivity index (χ2v) is 13.7. The molecule has 1 N–H and O–H groups in total. The van der Waals surface area contributed by atoms with Crippen molar-refractivity contribution in [2.45, 2.75) is 64.1 Å². The molecule has 0 heterocycles. The van der Waals surface area contributed by atoms with Gasteiger partial charge >= 0.3 is 0 Å². The Kier molecular flexibility index (Phi) is 12.4. The average Bonchev–Trinajstić information content (AvgIpc) is 3.07. The van der Waals surface area contributed by atoms with Crippen LogP contribution < -0.4 is 14.4 Å². The molecule has 0 saturated heterocycles. The first-order chi connectivity index (χ1) is 22.5. The van der Waals surface area contributed by atoms with E-state index in [0.29, 0.717) is 29.4 Å². The molecule has 10 heteroatoms.